The molecular weight excluding hydrogens is 196 g/mol. The SMILES string of the molecule is Cc1cccc(CNCCCCN(C)C)c1. The van der Waals surface area contributed by atoms with Crippen LogP contribution in [0.3, 0.4) is 0 Å². The molecule has 0 radical (unpaired) electrons. The predicted octanol–water partition coefficient (Wildman–Crippen LogP) is 2.43. The maximum Gasteiger partial charge on any atom is 0.0205 e. The van der Waals surface area contributed by atoms with Gasteiger partial charge in [-0.25, -0.2) is 0 Å². The van der Waals surface area contributed by atoms with Crippen LogP contribution in [0.5, 0.6) is 0 Å². The second-order valence-corrected chi connectivity index (χ2v) is 4.68. The van der Waals surface area contributed by atoms with E-state index in [-0.39, 0.29) is 0 Å². The zero-order chi connectivity index (χ0) is 11.8. The van der Waals surface area contributed by atoms with Crippen LogP contribution in [0, 0.1) is 6.92 Å². The number of unbranched alkanes of at least 4 members (excludes halogenated alkanes) is 1. The van der Waals surface area contributed by atoms with Crippen molar-refractivity contribution in [3.05, 3.63) is 35.4 Å². The van der Waals surface area contributed by atoms with Gasteiger partial charge in [0.2, 0.25) is 0 Å². The van der Waals surface area contributed by atoms with E-state index in [1.54, 1.807) is 0 Å². The molecular formula is C14H24N2. The summed E-state index contributed by atoms with van der Waals surface area (Å²) < 4.78 is 0. The van der Waals surface area contributed by atoms with Crippen LogP contribution in [0.15, 0.2) is 24.3 Å². The van der Waals surface area contributed by atoms with Gasteiger partial charge in [0.1, 0.15) is 0 Å². The quantitative estimate of drug-likeness (QED) is 0.710. The van der Waals surface area contributed by atoms with Crippen molar-refractivity contribution in [1.82, 2.24) is 10.2 Å². The Morgan fingerprint density at radius 3 is 2.69 bits per heavy atom. The number of nitrogens with one attached hydrogen (secondary N) is 1. The van der Waals surface area contributed by atoms with Crippen molar-refractivity contribution in [2.45, 2.75) is 26.3 Å². The van der Waals surface area contributed by atoms with Crippen LogP contribution in [-0.2, 0) is 6.54 Å². The molecule has 1 N–H and O–H groups in total. The van der Waals surface area contributed by atoms with Gasteiger partial charge >= 0.3 is 0 Å². The normalized spacial score (nSPS) is 11.0. The molecule has 0 unspecified atom stereocenters. The Labute approximate surface area is 99.7 Å². The van der Waals surface area contributed by atoms with E-state index in [1.807, 2.05) is 0 Å². The first-order valence-electron chi connectivity index (χ1n) is 6.09. The number of aryl methyl sites for hydroxylation is 1. The standard InChI is InChI=1S/C14H24N2/c1-13-7-6-8-14(11-13)12-15-9-4-5-10-16(2)3/h6-8,11,15H,4-5,9-10,12H2,1-3H3. The van der Waals surface area contributed by atoms with Gasteiger partial charge in [0.05, 0.1) is 0 Å². The van der Waals surface area contributed by atoms with Gasteiger partial charge in [-0.05, 0) is 52.5 Å². The first-order chi connectivity index (χ1) is 7.68. The Bertz CT molecular complexity index is 295. The minimum atomic E-state index is 0.990. The molecule has 0 bridgehead atoms. The smallest absolute Gasteiger partial charge is 0.0205 e. The van der Waals surface area contributed by atoms with Gasteiger partial charge in [-0.1, -0.05) is 29.8 Å². The Kier molecular flexibility index (Phi) is 6.12. The third kappa shape index (κ3) is 5.89. The van der Waals surface area contributed by atoms with E-state index in [2.05, 4.69) is 55.5 Å². The summed E-state index contributed by atoms with van der Waals surface area (Å²) >= 11 is 0. The molecule has 0 aliphatic carbocycles. The van der Waals surface area contributed by atoms with Gasteiger partial charge in [0, 0.05) is 6.54 Å². The first kappa shape index (κ1) is 13.2. The van der Waals surface area contributed by atoms with E-state index in [0.717, 1.165) is 13.1 Å². The van der Waals surface area contributed by atoms with E-state index in [9.17, 15) is 0 Å². The van der Waals surface area contributed by atoms with Crippen molar-refractivity contribution in [2.24, 2.45) is 0 Å². The van der Waals surface area contributed by atoms with Crippen molar-refractivity contribution >= 4 is 0 Å². The second kappa shape index (κ2) is 7.42. The fourth-order valence-electron chi connectivity index (χ4n) is 1.73. The van der Waals surface area contributed by atoms with Gasteiger partial charge in [-0.3, -0.25) is 0 Å². The molecule has 0 aromatic heterocycles. The lowest BCUT2D eigenvalue weighted by atomic mass is 10.1. The summed E-state index contributed by atoms with van der Waals surface area (Å²) in [5.74, 6) is 0. The van der Waals surface area contributed by atoms with Crippen LogP contribution in [0.1, 0.15) is 24.0 Å². The molecule has 0 aliphatic rings. The molecule has 1 rings (SSSR count). The molecule has 1 aromatic carbocycles. The molecule has 90 valence electrons. The maximum absolute atomic E-state index is 3.48. The lowest BCUT2D eigenvalue weighted by Gasteiger charge is -2.09. The molecule has 0 aliphatic heterocycles. The molecule has 0 saturated heterocycles. The van der Waals surface area contributed by atoms with Crippen LogP contribution >= 0.6 is 0 Å². The van der Waals surface area contributed by atoms with Crippen molar-refractivity contribution in [2.75, 3.05) is 27.2 Å². The highest BCUT2D eigenvalue weighted by molar-refractivity contribution is 5.21. The van der Waals surface area contributed by atoms with Gasteiger partial charge in [-0.15, -0.1) is 0 Å². The fourth-order valence-corrected chi connectivity index (χ4v) is 1.73. The molecule has 0 saturated carbocycles. The van der Waals surface area contributed by atoms with E-state index in [4.69, 9.17) is 0 Å². The van der Waals surface area contributed by atoms with Gasteiger partial charge in [0.25, 0.3) is 0 Å². The summed E-state index contributed by atoms with van der Waals surface area (Å²) in [4.78, 5) is 2.24. The Balaban J connectivity index is 2.07. The van der Waals surface area contributed by atoms with Crippen molar-refractivity contribution in [3.63, 3.8) is 0 Å². The molecule has 1 aromatic rings. The number of benzene rings is 1. The maximum atomic E-state index is 3.48. The molecule has 0 atom stereocenters. The summed E-state index contributed by atoms with van der Waals surface area (Å²) in [6.07, 6.45) is 2.53. The second-order valence-electron chi connectivity index (χ2n) is 4.68. The molecule has 0 spiro atoms. The minimum Gasteiger partial charge on any atom is -0.313 e. The third-order valence-corrected chi connectivity index (χ3v) is 2.62. The summed E-state index contributed by atoms with van der Waals surface area (Å²) in [6, 6.07) is 8.69. The summed E-state index contributed by atoms with van der Waals surface area (Å²) in [5.41, 5.74) is 2.72. The average Bonchev–Trinajstić information content (AvgIpc) is 2.23. The van der Waals surface area contributed by atoms with Crippen LogP contribution in [0.2, 0.25) is 0 Å². The molecule has 16 heavy (non-hydrogen) atoms. The van der Waals surface area contributed by atoms with Crippen LogP contribution in [-0.4, -0.2) is 32.1 Å². The highest BCUT2D eigenvalue weighted by atomic mass is 15.0. The predicted molar refractivity (Wildman–Crippen MR) is 70.7 cm³/mol. The molecule has 0 amide bonds. The van der Waals surface area contributed by atoms with E-state index in [1.165, 1.54) is 30.5 Å². The largest absolute Gasteiger partial charge is 0.313 e. The minimum absolute atomic E-state index is 0.990. The Morgan fingerprint density at radius 1 is 1.19 bits per heavy atom. The first-order valence-corrected chi connectivity index (χ1v) is 6.09. The third-order valence-electron chi connectivity index (χ3n) is 2.62. The highest BCUT2D eigenvalue weighted by Crippen LogP contribution is 2.03. The lowest BCUT2D eigenvalue weighted by Crippen LogP contribution is -2.18. The zero-order valence-corrected chi connectivity index (χ0v) is 10.8. The van der Waals surface area contributed by atoms with Crippen molar-refractivity contribution in [3.8, 4) is 0 Å². The summed E-state index contributed by atoms with van der Waals surface area (Å²) in [5, 5.41) is 3.48. The summed E-state index contributed by atoms with van der Waals surface area (Å²) in [7, 11) is 4.25. The molecule has 0 fully saturated rings. The lowest BCUT2D eigenvalue weighted by molar-refractivity contribution is 0.391. The van der Waals surface area contributed by atoms with Crippen molar-refractivity contribution < 1.29 is 0 Å². The van der Waals surface area contributed by atoms with E-state index >= 15 is 0 Å². The van der Waals surface area contributed by atoms with Gasteiger partial charge < -0.3 is 10.2 Å². The number of rotatable bonds is 7. The van der Waals surface area contributed by atoms with Crippen molar-refractivity contribution in [1.29, 1.82) is 0 Å². The van der Waals surface area contributed by atoms with Crippen LogP contribution < -0.4 is 5.32 Å². The van der Waals surface area contributed by atoms with E-state index in [0.29, 0.717) is 0 Å². The fraction of sp³-hybridized carbons (Fsp3) is 0.571. The van der Waals surface area contributed by atoms with E-state index < -0.39 is 0 Å². The molecule has 2 nitrogen and oxygen atoms in total. The molecule has 0 heterocycles. The molecule has 2 heteroatoms. The topological polar surface area (TPSA) is 15.3 Å². The monoisotopic (exact) mass is 220 g/mol. The highest BCUT2D eigenvalue weighted by Gasteiger charge is 1.94. The van der Waals surface area contributed by atoms with Crippen LogP contribution in [0.25, 0.3) is 0 Å². The average molecular weight is 220 g/mol. The Hall–Kier alpha value is -0.860. The number of hydrogen-bond donors (Lipinski definition) is 1. The number of nitrogens with zero attached hydrogens (tertiary/aromatic N) is 1. The zero-order valence-electron chi connectivity index (χ0n) is 10.8. The number of hydrogen-bond acceptors (Lipinski definition) is 2. The van der Waals surface area contributed by atoms with Gasteiger partial charge in [-0.2, -0.15) is 0 Å². The van der Waals surface area contributed by atoms with Gasteiger partial charge in [0.15, 0.2) is 0 Å². The summed E-state index contributed by atoms with van der Waals surface area (Å²) in [6.45, 7) is 5.43. The van der Waals surface area contributed by atoms with Crippen LogP contribution in [0.4, 0.5) is 0 Å². The Morgan fingerprint density at radius 2 is 2.00 bits per heavy atom.